The minimum Gasteiger partial charge on any atom is -0.380 e. The maximum absolute atomic E-state index is 12.7. The third kappa shape index (κ3) is 3.02. The van der Waals surface area contributed by atoms with Crippen molar-refractivity contribution in [3.63, 3.8) is 0 Å². The largest absolute Gasteiger partial charge is 0.380 e. The molecular weight excluding hydrogens is 252 g/mol. The van der Waals surface area contributed by atoms with E-state index < -0.39 is 0 Å². The van der Waals surface area contributed by atoms with Gasteiger partial charge in [0.15, 0.2) is 0 Å². The first-order valence-electron chi connectivity index (χ1n) is 7.38. The first-order valence-corrected chi connectivity index (χ1v) is 7.38. The molecule has 0 aromatic heterocycles. The van der Waals surface area contributed by atoms with E-state index in [0.29, 0.717) is 6.04 Å². The Bertz CT molecular complexity index is 459. The predicted molar refractivity (Wildman–Crippen MR) is 77.2 cm³/mol. The van der Waals surface area contributed by atoms with Gasteiger partial charge in [0.25, 0.3) is 0 Å². The number of carbonyl (C=O) groups is 1. The molecule has 0 spiro atoms. The summed E-state index contributed by atoms with van der Waals surface area (Å²) in [7, 11) is 1.71. The third-order valence-electron chi connectivity index (χ3n) is 4.19. The Hall–Kier alpha value is -1.39. The van der Waals surface area contributed by atoms with Crippen LogP contribution in [-0.4, -0.2) is 42.6 Å². The molecule has 1 aromatic rings. The molecule has 1 aromatic carbocycles. The summed E-state index contributed by atoms with van der Waals surface area (Å²) < 4.78 is 5.33. The maximum Gasteiger partial charge on any atom is 0.240 e. The molecule has 1 aliphatic carbocycles. The van der Waals surface area contributed by atoms with E-state index in [4.69, 9.17) is 4.74 Å². The van der Waals surface area contributed by atoms with Crippen LogP contribution in [0.5, 0.6) is 0 Å². The van der Waals surface area contributed by atoms with Crippen molar-refractivity contribution < 1.29 is 9.53 Å². The summed E-state index contributed by atoms with van der Waals surface area (Å²) in [6, 6.07) is 10.6. The van der Waals surface area contributed by atoms with E-state index in [1.165, 1.54) is 5.56 Å². The van der Waals surface area contributed by atoms with Crippen molar-refractivity contribution in [3.8, 4) is 0 Å². The summed E-state index contributed by atoms with van der Waals surface area (Å²) in [5.74, 6) is 0.232. The highest BCUT2D eigenvalue weighted by molar-refractivity contribution is 5.83. The van der Waals surface area contributed by atoms with Crippen LogP contribution in [0.15, 0.2) is 30.3 Å². The monoisotopic (exact) mass is 274 g/mol. The van der Waals surface area contributed by atoms with Gasteiger partial charge >= 0.3 is 0 Å². The van der Waals surface area contributed by atoms with Gasteiger partial charge in [-0.3, -0.25) is 4.79 Å². The van der Waals surface area contributed by atoms with Gasteiger partial charge in [-0.15, -0.1) is 0 Å². The zero-order valence-electron chi connectivity index (χ0n) is 11.9. The lowest BCUT2D eigenvalue weighted by molar-refractivity contribution is -0.134. The van der Waals surface area contributed by atoms with Crippen LogP contribution < -0.4 is 5.32 Å². The molecule has 4 nitrogen and oxygen atoms in total. The van der Waals surface area contributed by atoms with Crippen LogP contribution in [0.25, 0.3) is 0 Å². The highest BCUT2D eigenvalue weighted by Crippen LogP contribution is 2.30. The second-order valence-electron chi connectivity index (χ2n) is 5.74. The summed E-state index contributed by atoms with van der Waals surface area (Å²) >= 11 is 0. The Balaban J connectivity index is 1.66. The number of nitrogens with one attached hydrogen (secondary N) is 1. The molecule has 0 unspecified atom stereocenters. The van der Waals surface area contributed by atoms with E-state index in [1.54, 1.807) is 7.11 Å². The molecule has 3 rings (SSSR count). The summed E-state index contributed by atoms with van der Waals surface area (Å²) in [5, 5.41) is 3.29. The van der Waals surface area contributed by atoms with Gasteiger partial charge < -0.3 is 15.0 Å². The first-order chi connectivity index (χ1) is 9.78. The fourth-order valence-electron chi connectivity index (χ4n) is 2.82. The van der Waals surface area contributed by atoms with Gasteiger partial charge in [-0.1, -0.05) is 30.3 Å². The smallest absolute Gasteiger partial charge is 0.240 e. The van der Waals surface area contributed by atoms with Crippen LogP contribution >= 0.6 is 0 Å². The van der Waals surface area contributed by atoms with Crippen LogP contribution in [0.4, 0.5) is 0 Å². The van der Waals surface area contributed by atoms with Crippen LogP contribution in [-0.2, 0) is 16.1 Å². The Morgan fingerprint density at radius 3 is 2.70 bits per heavy atom. The molecule has 0 bridgehead atoms. The molecular formula is C16H22N2O2. The molecule has 2 atom stereocenters. The predicted octanol–water partition coefficient (Wildman–Crippen LogP) is 1.55. The SMILES string of the molecule is CO[C@H]1CN[C@@H](C(=O)N(Cc2ccccc2)C2CC2)C1. The second kappa shape index (κ2) is 5.94. The molecule has 1 saturated heterocycles. The molecule has 2 aliphatic rings. The highest BCUT2D eigenvalue weighted by Gasteiger charge is 2.38. The van der Waals surface area contributed by atoms with Crippen molar-refractivity contribution >= 4 is 5.91 Å². The standard InChI is InChI=1S/C16H22N2O2/c1-20-14-9-15(17-10-14)16(19)18(13-7-8-13)11-12-5-3-2-4-6-12/h2-6,13-15,17H,7-11H2,1H3/t14-,15-/m1/s1. The molecule has 20 heavy (non-hydrogen) atoms. The van der Waals surface area contributed by atoms with Crippen molar-refractivity contribution in [2.24, 2.45) is 0 Å². The Labute approximate surface area is 120 Å². The summed E-state index contributed by atoms with van der Waals surface area (Å²) in [6.07, 6.45) is 3.23. The van der Waals surface area contributed by atoms with Crippen molar-refractivity contribution in [1.29, 1.82) is 0 Å². The second-order valence-corrected chi connectivity index (χ2v) is 5.74. The number of nitrogens with zero attached hydrogens (tertiary/aromatic N) is 1. The van der Waals surface area contributed by atoms with Gasteiger partial charge in [-0.2, -0.15) is 0 Å². The lowest BCUT2D eigenvalue weighted by atomic mass is 10.1. The Morgan fingerprint density at radius 1 is 1.35 bits per heavy atom. The fraction of sp³-hybridized carbons (Fsp3) is 0.562. The van der Waals surface area contributed by atoms with E-state index in [2.05, 4.69) is 17.4 Å². The van der Waals surface area contributed by atoms with Crippen LogP contribution in [0.2, 0.25) is 0 Å². The van der Waals surface area contributed by atoms with Crippen LogP contribution in [0, 0.1) is 0 Å². The van der Waals surface area contributed by atoms with Gasteiger partial charge in [0.1, 0.15) is 0 Å². The average Bonchev–Trinajstić information content (AvgIpc) is 3.21. The number of ether oxygens (including phenoxy) is 1. The van der Waals surface area contributed by atoms with E-state index >= 15 is 0 Å². The van der Waals surface area contributed by atoms with Crippen molar-refractivity contribution in [2.45, 2.75) is 44.0 Å². The van der Waals surface area contributed by atoms with Crippen LogP contribution in [0.3, 0.4) is 0 Å². The van der Waals surface area contributed by atoms with Gasteiger partial charge in [-0.25, -0.2) is 0 Å². The van der Waals surface area contributed by atoms with E-state index in [0.717, 1.165) is 32.4 Å². The minimum absolute atomic E-state index is 0.0794. The zero-order valence-corrected chi connectivity index (χ0v) is 11.9. The number of hydrogen-bond donors (Lipinski definition) is 1. The molecule has 1 heterocycles. The third-order valence-corrected chi connectivity index (χ3v) is 4.19. The normalized spacial score (nSPS) is 25.6. The van der Waals surface area contributed by atoms with E-state index in [-0.39, 0.29) is 18.1 Å². The van der Waals surface area contributed by atoms with E-state index in [1.807, 2.05) is 23.1 Å². The van der Waals surface area contributed by atoms with Gasteiger partial charge in [0, 0.05) is 26.2 Å². The average molecular weight is 274 g/mol. The molecule has 1 N–H and O–H groups in total. The van der Waals surface area contributed by atoms with Gasteiger partial charge in [-0.05, 0) is 24.8 Å². The van der Waals surface area contributed by atoms with Crippen LogP contribution in [0.1, 0.15) is 24.8 Å². The zero-order chi connectivity index (χ0) is 13.9. The van der Waals surface area contributed by atoms with E-state index in [9.17, 15) is 4.79 Å². The number of carbonyl (C=O) groups excluding carboxylic acids is 1. The topological polar surface area (TPSA) is 41.6 Å². The number of amides is 1. The highest BCUT2D eigenvalue weighted by atomic mass is 16.5. The lowest BCUT2D eigenvalue weighted by Crippen LogP contribution is -2.44. The molecule has 1 aliphatic heterocycles. The molecule has 0 radical (unpaired) electrons. The molecule has 1 amide bonds. The fourth-order valence-corrected chi connectivity index (χ4v) is 2.82. The number of methoxy groups -OCH3 is 1. The van der Waals surface area contributed by atoms with Crippen molar-refractivity contribution in [3.05, 3.63) is 35.9 Å². The number of rotatable bonds is 5. The first kappa shape index (κ1) is 13.6. The molecule has 108 valence electrons. The van der Waals surface area contributed by atoms with Crippen molar-refractivity contribution in [1.82, 2.24) is 10.2 Å². The maximum atomic E-state index is 12.7. The molecule has 4 heteroatoms. The number of hydrogen-bond acceptors (Lipinski definition) is 3. The minimum atomic E-state index is -0.0794. The summed E-state index contributed by atoms with van der Waals surface area (Å²) in [5.41, 5.74) is 1.20. The number of benzene rings is 1. The molecule has 2 fully saturated rings. The summed E-state index contributed by atoms with van der Waals surface area (Å²) in [6.45, 7) is 1.50. The van der Waals surface area contributed by atoms with Crippen molar-refractivity contribution in [2.75, 3.05) is 13.7 Å². The Kier molecular flexibility index (Phi) is 4.03. The quantitative estimate of drug-likeness (QED) is 0.886. The van der Waals surface area contributed by atoms with Gasteiger partial charge in [0.2, 0.25) is 5.91 Å². The van der Waals surface area contributed by atoms with Gasteiger partial charge in [0.05, 0.1) is 12.1 Å². The lowest BCUT2D eigenvalue weighted by Gasteiger charge is -2.25. The summed E-state index contributed by atoms with van der Waals surface area (Å²) in [4.78, 5) is 14.7. The Morgan fingerprint density at radius 2 is 2.10 bits per heavy atom. The molecule has 1 saturated carbocycles.